The summed E-state index contributed by atoms with van der Waals surface area (Å²) in [4.78, 5) is 0. The Hall–Kier alpha value is -1.30. The molecule has 0 aliphatic heterocycles. The molecule has 17 heavy (non-hydrogen) atoms. The third-order valence-electron chi connectivity index (χ3n) is 2.61. The summed E-state index contributed by atoms with van der Waals surface area (Å²) in [5.74, 6) is 5.62. The minimum Gasteiger partial charge on any atom is -0.378 e. The molecule has 2 nitrogen and oxygen atoms in total. The standard InChI is InChI=1S/C15H20O2/c1-4-15(3,16)10-5-11-17-12-14-8-6-13(2)7-9-14/h6-9,16H,4,11-12H2,1-3H3. The van der Waals surface area contributed by atoms with Gasteiger partial charge in [0.15, 0.2) is 0 Å². The molecule has 92 valence electrons. The van der Waals surface area contributed by atoms with Crippen molar-refractivity contribution in [3.05, 3.63) is 35.4 Å². The highest BCUT2D eigenvalue weighted by Crippen LogP contribution is 2.06. The van der Waals surface area contributed by atoms with Gasteiger partial charge in [0.25, 0.3) is 0 Å². The molecule has 0 aromatic heterocycles. The minimum atomic E-state index is -0.896. The van der Waals surface area contributed by atoms with Crippen LogP contribution in [0.25, 0.3) is 0 Å². The zero-order chi connectivity index (χ0) is 12.7. The van der Waals surface area contributed by atoms with E-state index in [1.165, 1.54) is 5.56 Å². The number of aliphatic hydroxyl groups is 1. The first-order valence-corrected chi connectivity index (χ1v) is 5.89. The van der Waals surface area contributed by atoms with Crippen LogP contribution in [0.2, 0.25) is 0 Å². The molecule has 2 heteroatoms. The Kier molecular flexibility index (Phi) is 5.21. The van der Waals surface area contributed by atoms with Gasteiger partial charge in [0.2, 0.25) is 0 Å². The number of aryl methyl sites for hydroxylation is 1. The highest BCUT2D eigenvalue weighted by molar-refractivity contribution is 5.20. The maximum atomic E-state index is 9.64. The van der Waals surface area contributed by atoms with E-state index in [-0.39, 0.29) is 0 Å². The van der Waals surface area contributed by atoms with Crippen molar-refractivity contribution in [2.45, 2.75) is 39.4 Å². The van der Waals surface area contributed by atoms with Gasteiger partial charge in [-0.1, -0.05) is 48.6 Å². The fourth-order valence-electron chi connectivity index (χ4n) is 1.22. The molecule has 0 fully saturated rings. The zero-order valence-electron chi connectivity index (χ0n) is 10.8. The summed E-state index contributed by atoms with van der Waals surface area (Å²) in [6.45, 7) is 6.58. The molecule has 0 heterocycles. The Morgan fingerprint density at radius 2 is 1.94 bits per heavy atom. The Morgan fingerprint density at radius 3 is 2.53 bits per heavy atom. The maximum absolute atomic E-state index is 9.64. The van der Waals surface area contributed by atoms with Gasteiger partial charge in [-0.2, -0.15) is 0 Å². The van der Waals surface area contributed by atoms with Crippen LogP contribution in [0.3, 0.4) is 0 Å². The second-order valence-corrected chi connectivity index (χ2v) is 4.41. The summed E-state index contributed by atoms with van der Waals surface area (Å²) < 4.78 is 5.41. The molecule has 0 radical (unpaired) electrons. The normalized spacial score (nSPS) is 13.6. The van der Waals surface area contributed by atoms with E-state index in [1.54, 1.807) is 6.92 Å². The van der Waals surface area contributed by atoms with Crippen LogP contribution in [0, 0.1) is 18.8 Å². The van der Waals surface area contributed by atoms with Crippen molar-refractivity contribution in [1.82, 2.24) is 0 Å². The number of hydrogen-bond acceptors (Lipinski definition) is 2. The topological polar surface area (TPSA) is 29.5 Å². The molecule has 0 aliphatic carbocycles. The number of ether oxygens (including phenoxy) is 1. The van der Waals surface area contributed by atoms with Crippen LogP contribution >= 0.6 is 0 Å². The fourth-order valence-corrected chi connectivity index (χ4v) is 1.22. The molecule has 0 saturated heterocycles. The summed E-state index contributed by atoms with van der Waals surface area (Å²) in [5, 5.41) is 9.64. The van der Waals surface area contributed by atoms with Crippen molar-refractivity contribution in [3.63, 3.8) is 0 Å². The summed E-state index contributed by atoms with van der Waals surface area (Å²) in [6, 6.07) is 8.22. The molecule has 0 amide bonds. The second kappa shape index (κ2) is 6.44. The first kappa shape index (κ1) is 13.8. The predicted octanol–water partition coefficient (Wildman–Crippen LogP) is 2.68. The third-order valence-corrected chi connectivity index (χ3v) is 2.61. The van der Waals surface area contributed by atoms with Gasteiger partial charge < -0.3 is 9.84 Å². The Balaban J connectivity index is 2.31. The first-order valence-electron chi connectivity index (χ1n) is 5.89. The predicted molar refractivity (Wildman–Crippen MR) is 69.5 cm³/mol. The van der Waals surface area contributed by atoms with Gasteiger partial charge in [0.1, 0.15) is 12.2 Å². The molecule has 1 unspecified atom stereocenters. The van der Waals surface area contributed by atoms with Crippen LogP contribution in [0.1, 0.15) is 31.4 Å². The summed E-state index contributed by atoms with van der Waals surface area (Å²) in [6.07, 6.45) is 0.623. The SMILES string of the molecule is CCC(C)(O)C#CCOCc1ccc(C)cc1. The molecule has 0 saturated carbocycles. The van der Waals surface area contributed by atoms with E-state index in [0.29, 0.717) is 19.6 Å². The van der Waals surface area contributed by atoms with Crippen LogP contribution < -0.4 is 0 Å². The molecule has 0 aliphatic rings. The Morgan fingerprint density at radius 1 is 1.29 bits per heavy atom. The van der Waals surface area contributed by atoms with Gasteiger partial charge in [0, 0.05) is 0 Å². The lowest BCUT2D eigenvalue weighted by Crippen LogP contribution is -2.19. The third kappa shape index (κ3) is 5.53. The van der Waals surface area contributed by atoms with E-state index >= 15 is 0 Å². The van der Waals surface area contributed by atoms with E-state index in [0.717, 1.165) is 5.56 Å². The lowest BCUT2D eigenvalue weighted by atomic mass is 10.1. The van der Waals surface area contributed by atoms with Crippen molar-refractivity contribution in [3.8, 4) is 11.8 Å². The molecule has 1 aromatic rings. The van der Waals surface area contributed by atoms with E-state index in [2.05, 4.69) is 30.9 Å². The summed E-state index contributed by atoms with van der Waals surface area (Å²) in [5.41, 5.74) is 1.49. The highest BCUT2D eigenvalue weighted by Gasteiger charge is 2.11. The van der Waals surface area contributed by atoms with Crippen molar-refractivity contribution in [2.75, 3.05) is 6.61 Å². The second-order valence-electron chi connectivity index (χ2n) is 4.41. The quantitative estimate of drug-likeness (QED) is 0.639. The largest absolute Gasteiger partial charge is 0.378 e. The number of rotatable bonds is 4. The Labute approximate surface area is 104 Å². The Bertz CT molecular complexity index is 393. The van der Waals surface area contributed by atoms with E-state index in [9.17, 15) is 5.11 Å². The van der Waals surface area contributed by atoms with Gasteiger partial charge in [0.05, 0.1) is 6.61 Å². The fraction of sp³-hybridized carbons (Fsp3) is 0.467. The van der Waals surface area contributed by atoms with Gasteiger partial charge in [-0.25, -0.2) is 0 Å². The smallest absolute Gasteiger partial charge is 0.122 e. The number of benzene rings is 1. The average molecular weight is 232 g/mol. The van der Waals surface area contributed by atoms with Crippen LogP contribution in [0.4, 0.5) is 0 Å². The van der Waals surface area contributed by atoms with E-state index in [1.807, 2.05) is 19.1 Å². The summed E-state index contributed by atoms with van der Waals surface area (Å²) >= 11 is 0. The maximum Gasteiger partial charge on any atom is 0.122 e. The van der Waals surface area contributed by atoms with Gasteiger partial charge in [-0.05, 0) is 25.8 Å². The molecular weight excluding hydrogens is 212 g/mol. The van der Waals surface area contributed by atoms with Crippen LogP contribution in [0.15, 0.2) is 24.3 Å². The molecular formula is C15H20O2. The molecule has 1 aromatic carbocycles. The van der Waals surface area contributed by atoms with Crippen molar-refractivity contribution in [1.29, 1.82) is 0 Å². The van der Waals surface area contributed by atoms with Gasteiger partial charge in [-0.3, -0.25) is 0 Å². The van der Waals surface area contributed by atoms with Crippen LogP contribution in [-0.4, -0.2) is 17.3 Å². The van der Waals surface area contributed by atoms with E-state index < -0.39 is 5.60 Å². The molecule has 0 spiro atoms. The molecule has 1 N–H and O–H groups in total. The summed E-state index contributed by atoms with van der Waals surface area (Å²) in [7, 11) is 0. The molecule has 0 bridgehead atoms. The van der Waals surface area contributed by atoms with Gasteiger partial charge >= 0.3 is 0 Å². The van der Waals surface area contributed by atoms with E-state index in [4.69, 9.17) is 4.74 Å². The lowest BCUT2D eigenvalue weighted by Gasteiger charge is -2.11. The molecule has 1 atom stereocenters. The van der Waals surface area contributed by atoms with Gasteiger partial charge in [-0.15, -0.1) is 0 Å². The minimum absolute atomic E-state index is 0.351. The lowest BCUT2D eigenvalue weighted by molar-refractivity contribution is 0.116. The van der Waals surface area contributed by atoms with Crippen molar-refractivity contribution < 1.29 is 9.84 Å². The highest BCUT2D eigenvalue weighted by atomic mass is 16.5. The van der Waals surface area contributed by atoms with Crippen LogP contribution in [-0.2, 0) is 11.3 Å². The average Bonchev–Trinajstić information content (AvgIpc) is 2.31. The van der Waals surface area contributed by atoms with Crippen LogP contribution in [0.5, 0.6) is 0 Å². The monoisotopic (exact) mass is 232 g/mol. The first-order chi connectivity index (χ1) is 8.03. The van der Waals surface area contributed by atoms with Crippen molar-refractivity contribution in [2.24, 2.45) is 0 Å². The molecule has 1 rings (SSSR count). The number of hydrogen-bond donors (Lipinski definition) is 1. The zero-order valence-corrected chi connectivity index (χ0v) is 10.8. The van der Waals surface area contributed by atoms with Crippen molar-refractivity contribution >= 4 is 0 Å².